The van der Waals surface area contributed by atoms with Crippen LogP contribution in [0.15, 0.2) is 36.0 Å². The molecule has 10 heteroatoms. The van der Waals surface area contributed by atoms with Gasteiger partial charge in [-0.1, -0.05) is 12.1 Å². The summed E-state index contributed by atoms with van der Waals surface area (Å²) in [6.45, 7) is 5.79. The molecule has 2 heterocycles. The van der Waals surface area contributed by atoms with Gasteiger partial charge in [0.25, 0.3) is 11.6 Å². The van der Waals surface area contributed by atoms with Crippen LogP contribution in [0, 0.1) is 5.92 Å². The van der Waals surface area contributed by atoms with E-state index in [2.05, 4.69) is 10.6 Å². The van der Waals surface area contributed by atoms with E-state index in [1.54, 1.807) is 24.3 Å². The van der Waals surface area contributed by atoms with Gasteiger partial charge in [0, 0.05) is 40.4 Å². The molecule has 0 unspecified atom stereocenters. The van der Waals surface area contributed by atoms with Gasteiger partial charge in [-0.05, 0) is 12.1 Å². The van der Waals surface area contributed by atoms with Gasteiger partial charge in [-0.2, -0.15) is 0 Å². The van der Waals surface area contributed by atoms with Crippen molar-refractivity contribution < 1.29 is 38.1 Å². The largest absolute Gasteiger partial charge is 0.422 e. The van der Waals surface area contributed by atoms with Crippen molar-refractivity contribution in [2.45, 2.75) is 39.3 Å². The van der Waals surface area contributed by atoms with Crippen molar-refractivity contribution in [3.63, 3.8) is 0 Å². The van der Waals surface area contributed by atoms with E-state index in [4.69, 9.17) is 18.9 Å². The Kier molecular flexibility index (Phi) is 5.43. The molecule has 0 saturated carbocycles. The quantitative estimate of drug-likeness (QED) is 0.315. The van der Waals surface area contributed by atoms with Crippen LogP contribution in [0.5, 0.6) is 0 Å². The molecule has 0 amide bonds. The highest BCUT2D eigenvalue weighted by Gasteiger charge is 2.43. The fourth-order valence-corrected chi connectivity index (χ4v) is 2.81. The molecule has 0 aliphatic carbocycles. The lowest BCUT2D eigenvalue weighted by atomic mass is 10.1. The van der Waals surface area contributed by atoms with Gasteiger partial charge in [-0.25, -0.2) is 9.59 Å². The molecular weight excluding hydrogens is 396 g/mol. The van der Waals surface area contributed by atoms with E-state index in [0.717, 1.165) is 0 Å². The number of nitrogens with one attached hydrogen (secondary N) is 2. The fourth-order valence-electron chi connectivity index (χ4n) is 2.81. The number of hydrogen-bond acceptors (Lipinski definition) is 10. The zero-order chi connectivity index (χ0) is 22.1. The number of esters is 4. The molecule has 10 nitrogen and oxygen atoms in total. The summed E-state index contributed by atoms with van der Waals surface area (Å²) in [4.78, 5) is 48.3. The number of para-hydroxylation sites is 2. The topological polar surface area (TPSA) is 129 Å². The Labute approximate surface area is 172 Å². The van der Waals surface area contributed by atoms with Gasteiger partial charge in [0.1, 0.15) is 0 Å². The van der Waals surface area contributed by atoms with Gasteiger partial charge < -0.3 is 29.6 Å². The van der Waals surface area contributed by atoms with Gasteiger partial charge in [0.2, 0.25) is 0 Å². The first-order valence-electron chi connectivity index (χ1n) is 9.19. The van der Waals surface area contributed by atoms with E-state index in [1.807, 2.05) is 0 Å². The molecule has 2 aliphatic heterocycles. The Bertz CT molecular complexity index is 892. The number of cyclic esters (lactones) is 4. The van der Waals surface area contributed by atoms with E-state index in [-0.39, 0.29) is 12.1 Å². The number of hydrogen-bond donors (Lipinski definition) is 2. The predicted molar refractivity (Wildman–Crippen MR) is 103 cm³/mol. The second-order valence-corrected chi connectivity index (χ2v) is 7.60. The Morgan fingerprint density at radius 1 is 0.833 bits per heavy atom. The van der Waals surface area contributed by atoms with Crippen molar-refractivity contribution in [2.24, 2.45) is 5.92 Å². The molecule has 0 radical (unpaired) electrons. The van der Waals surface area contributed by atoms with E-state index in [0.29, 0.717) is 11.4 Å². The smallest absolute Gasteiger partial charge is 0.350 e. The molecule has 0 aromatic heterocycles. The average molecular weight is 418 g/mol. The number of anilines is 2. The summed E-state index contributed by atoms with van der Waals surface area (Å²) in [5, 5.41) is 5.80. The molecule has 0 bridgehead atoms. The lowest BCUT2D eigenvalue weighted by molar-refractivity contribution is -0.239. The summed E-state index contributed by atoms with van der Waals surface area (Å²) >= 11 is 0. The number of carbonyl (C=O) groups is 4. The lowest BCUT2D eigenvalue weighted by Gasteiger charge is -2.33. The molecule has 1 aromatic rings. The number of ether oxygens (including phenoxy) is 4. The first kappa shape index (κ1) is 21.2. The highest BCUT2D eigenvalue weighted by molar-refractivity contribution is 6.15. The van der Waals surface area contributed by atoms with Gasteiger partial charge in [0.05, 0.1) is 11.4 Å². The van der Waals surface area contributed by atoms with Gasteiger partial charge in [-0.3, -0.25) is 9.59 Å². The van der Waals surface area contributed by atoms with Crippen LogP contribution < -0.4 is 10.6 Å². The number of rotatable bonds is 5. The van der Waals surface area contributed by atoms with Crippen LogP contribution in [0.25, 0.3) is 0 Å². The Morgan fingerprint density at radius 2 is 1.33 bits per heavy atom. The Morgan fingerprint density at radius 3 is 1.90 bits per heavy atom. The predicted octanol–water partition coefficient (Wildman–Crippen LogP) is 1.68. The number of carbonyl (C=O) groups excluding carboxylic acids is 4. The lowest BCUT2D eigenvalue weighted by Crippen LogP contribution is -2.48. The van der Waals surface area contributed by atoms with Gasteiger partial charge >= 0.3 is 23.9 Å². The molecule has 0 atom stereocenters. The first-order valence-corrected chi connectivity index (χ1v) is 9.19. The van der Waals surface area contributed by atoms with Crippen molar-refractivity contribution in [3.8, 4) is 0 Å². The minimum atomic E-state index is -1.33. The second-order valence-electron chi connectivity index (χ2n) is 7.60. The molecule has 0 spiro atoms. The van der Waals surface area contributed by atoms with E-state index in [1.165, 1.54) is 33.9 Å². The van der Waals surface area contributed by atoms with Crippen LogP contribution in [0.2, 0.25) is 0 Å². The second kappa shape index (κ2) is 7.69. The normalized spacial score (nSPS) is 20.5. The third-order valence-corrected chi connectivity index (χ3v) is 4.17. The molecule has 2 fully saturated rings. The van der Waals surface area contributed by atoms with E-state index in [9.17, 15) is 19.2 Å². The van der Waals surface area contributed by atoms with Crippen LogP contribution in [0.1, 0.15) is 27.7 Å². The molecule has 30 heavy (non-hydrogen) atoms. The molecule has 2 aliphatic rings. The Hall–Kier alpha value is -3.56. The van der Waals surface area contributed by atoms with Crippen LogP contribution >= 0.6 is 0 Å². The Balaban J connectivity index is 1.70. The maximum Gasteiger partial charge on any atom is 0.350 e. The van der Waals surface area contributed by atoms with Crippen molar-refractivity contribution in [1.29, 1.82) is 0 Å². The van der Waals surface area contributed by atoms with Crippen LogP contribution in [0.4, 0.5) is 11.4 Å². The van der Waals surface area contributed by atoms with Gasteiger partial charge in [0.15, 0.2) is 11.5 Å². The molecule has 1 aromatic carbocycles. The van der Waals surface area contributed by atoms with Gasteiger partial charge in [-0.15, -0.1) is 0 Å². The first-order chi connectivity index (χ1) is 14.0. The summed E-state index contributed by atoms with van der Waals surface area (Å²) < 4.78 is 20.3. The molecule has 3 rings (SSSR count). The van der Waals surface area contributed by atoms with Crippen molar-refractivity contribution >= 4 is 35.3 Å². The zero-order valence-electron chi connectivity index (χ0n) is 16.9. The maximum atomic E-state index is 12.1. The molecule has 2 N–H and O–H groups in total. The molecular formula is C20H22N2O8. The third-order valence-electron chi connectivity index (χ3n) is 4.17. The monoisotopic (exact) mass is 418 g/mol. The van der Waals surface area contributed by atoms with Crippen LogP contribution in [-0.2, 0) is 38.1 Å². The van der Waals surface area contributed by atoms with Crippen LogP contribution in [-0.4, -0.2) is 42.0 Å². The zero-order valence-corrected chi connectivity index (χ0v) is 16.9. The summed E-state index contributed by atoms with van der Waals surface area (Å²) in [6.07, 6.45) is 1.17. The highest BCUT2D eigenvalue weighted by Crippen LogP contribution is 2.27. The van der Waals surface area contributed by atoms with Crippen molar-refractivity contribution in [1.82, 2.24) is 0 Å². The summed E-state index contributed by atoms with van der Waals surface area (Å²) in [5.74, 6) is -6.76. The number of benzene rings is 1. The minimum absolute atomic E-state index is 0.0682. The molecule has 2 saturated heterocycles. The van der Waals surface area contributed by atoms with Crippen LogP contribution in [0.3, 0.4) is 0 Å². The van der Waals surface area contributed by atoms with Crippen molar-refractivity contribution in [3.05, 3.63) is 36.0 Å². The third kappa shape index (κ3) is 4.70. The fraction of sp³-hybridized carbons (Fsp3) is 0.400. The standard InChI is InChI=1S/C20H22N2O8/c1-19(2)27-15(23)11(16(24)28-19)9-21-13-7-5-6-8-14(13)22-10-12-17(25)29-20(3,4)30-18(12)26/h5-9,12,21-22H,10H2,1-4H3. The van der Waals surface area contributed by atoms with E-state index >= 15 is 0 Å². The maximum absolute atomic E-state index is 12.1. The minimum Gasteiger partial charge on any atom is -0.422 e. The summed E-state index contributed by atoms with van der Waals surface area (Å²) in [6, 6.07) is 6.81. The highest BCUT2D eigenvalue weighted by atomic mass is 16.7. The summed E-state index contributed by atoms with van der Waals surface area (Å²) in [5.41, 5.74) is 0.691. The molecule has 160 valence electrons. The van der Waals surface area contributed by atoms with Crippen molar-refractivity contribution in [2.75, 3.05) is 17.2 Å². The van der Waals surface area contributed by atoms with E-state index < -0.39 is 41.4 Å². The SMILES string of the molecule is CC1(C)OC(=O)C(=CNc2ccccc2NCC2C(=O)OC(C)(C)OC2=O)C(=O)O1. The average Bonchev–Trinajstić information content (AvgIpc) is 2.59. The summed E-state index contributed by atoms with van der Waals surface area (Å²) in [7, 11) is 0.